The number of fused-ring (bicyclic) bond motifs is 1. The maximum absolute atomic E-state index is 11.4. The molecule has 2 aliphatic heterocycles. The first-order valence-corrected chi connectivity index (χ1v) is 16.1. The van der Waals surface area contributed by atoms with Crippen molar-refractivity contribution in [2.75, 3.05) is 51.3 Å². The minimum atomic E-state index is -0.735. The van der Waals surface area contributed by atoms with Gasteiger partial charge in [-0.3, -0.25) is 19.6 Å². The van der Waals surface area contributed by atoms with E-state index in [9.17, 15) is 9.90 Å². The summed E-state index contributed by atoms with van der Waals surface area (Å²) in [6, 6.07) is 18.8. The lowest BCUT2D eigenvalue weighted by Crippen LogP contribution is -2.40. The molecule has 0 amide bonds. The molecule has 0 aliphatic carbocycles. The third-order valence-electron chi connectivity index (χ3n) is 8.92. The molecule has 0 bridgehead atoms. The Hall–Kier alpha value is -4.05. The summed E-state index contributed by atoms with van der Waals surface area (Å²) in [5.74, 6) is 0.848. The van der Waals surface area contributed by atoms with Crippen LogP contribution in [0.15, 0.2) is 67.0 Å². The van der Waals surface area contributed by atoms with Gasteiger partial charge in [-0.25, -0.2) is 4.98 Å². The van der Waals surface area contributed by atoms with Gasteiger partial charge < -0.3 is 19.9 Å². The third kappa shape index (κ3) is 7.97. The predicted molar refractivity (Wildman–Crippen MR) is 177 cm³/mol. The normalized spacial score (nSPS) is 17.8. The first-order chi connectivity index (χ1) is 22.0. The number of pyridine rings is 2. The highest BCUT2D eigenvalue weighted by Gasteiger charge is 2.25. The van der Waals surface area contributed by atoms with E-state index in [0.29, 0.717) is 19.0 Å². The topological polar surface area (TPSA) is 100 Å². The van der Waals surface area contributed by atoms with E-state index in [-0.39, 0.29) is 12.5 Å². The number of aliphatic carboxylic acids is 1. The molecule has 9 heteroatoms. The molecule has 2 N–H and O–H groups in total. The lowest BCUT2D eigenvalue weighted by atomic mass is 9.98. The van der Waals surface area contributed by atoms with E-state index in [1.165, 1.54) is 0 Å². The monoisotopic (exact) mass is 609 g/mol. The summed E-state index contributed by atoms with van der Waals surface area (Å²) < 4.78 is 11.6. The van der Waals surface area contributed by atoms with E-state index in [1.54, 1.807) is 0 Å². The second-order valence-corrected chi connectivity index (χ2v) is 12.1. The lowest BCUT2D eigenvalue weighted by molar-refractivity contribution is -0.138. The summed E-state index contributed by atoms with van der Waals surface area (Å²) in [4.78, 5) is 25.6. The van der Waals surface area contributed by atoms with Gasteiger partial charge in [0.15, 0.2) is 5.82 Å². The van der Waals surface area contributed by atoms with E-state index in [0.717, 1.165) is 110 Å². The van der Waals surface area contributed by atoms with Crippen LogP contribution in [0.5, 0.6) is 5.75 Å². The van der Waals surface area contributed by atoms with Crippen LogP contribution in [0.25, 0.3) is 22.0 Å². The van der Waals surface area contributed by atoms with Crippen LogP contribution >= 0.6 is 0 Å². The van der Waals surface area contributed by atoms with Crippen LogP contribution in [0.3, 0.4) is 0 Å². The number of carboxylic acid groups (broad SMARTS) is 1. The number of ether oxygens (including phenoxy) is 2. The number of rotatable bonds is 12. The van der Waals surface area contributed by atoms with Crippen LogP contribution in [-0.4, -0.2) is 82.9 Å². The Kier molecular flexibility index (Phi) is 10.2. The van der Waals surface area contributed by atoms with E-state index in [4.69, 9.17) is 14.5 Å². The van der Waals surface area contributed by atoms with Gasteiger partial charge in [-0.1, -0.05) is 30.7 Å². The molecular weight excluding hydrogens is 566 g/mol. The molecule has 2 aliphatic rings. The van der Waals surface area contributed by atoms with Crippen molar-refractivity contribution in [3.63, 3.8) is 0 Å². The molecule has 2 fully saturated rings. The molecule has 1 atom stereocenters. The van der Waals surface area contributed by atoms with Gasteiger partial charge in [-0.05, 0) is 85.3 Å². The molecule has 236 valence electrons. The molecular formula is C36H43N5O4. The van der Waals surface area contributed by atoms with E-state index in [2.05, 4.69) is 63.4 Å². The molecule has 0 spiro atoms. The van der Waals surface area contributed by atoms with Gasteiger partial charge in [0.2, 0.25) is 0 Å². The zero-order valence-electron chi connectivity index (χ0n) is 26.1. The number of morpholine rings is 1. The number of aromatic nitrogens is 2. The van der Waals surface area contributed by atoms with Gasteiger partial charge in [0, 0.05) is 55.7 Å². The minimum absolute atomic E-state index is 0.0736. The molecule has 6 rings (SSSR count). The number of likely N-dealkylation sites (tertiary alicyclic amines) is 1. The highest BCUT2D eigenvalue weighted by Crippen LogP contribution is 2.33. The Labute approximate surface area is 265 Å². The molecule has 4 heterocycles. The summed E-state index contributed by atoms with van der Waals surface area (Å²) in [5.41, 5.74) is 6.21. The average Bonchev–Trinajstić information content (AvgIpc) is 3.05. The number of piperidine rings is 1. The second-order valence-electron chi connectivity index (χ2n) is 12.1. The lowest BCUT2D eigenvalue weighted by Gasteiger charge is -2.34. The first kappa shape index (κ1) is 31.0. The highest BCUT2D eigenvalue weighted by molar-refractivity contribution is 5.91. The number of anilines is 2. The maximum atomic E-state index is 11.4. The van der Waals surface area contributed by atoms with Crippen LogP contribution in [0.4, 0.5) is 11.5 Å². The minimum Gasteiger partial charge on any atom is -0.494 e. The van der Waals surface area contributed by atoms with Gasteiger partial charge in [-0.2, -0.15) is 0 Å². The number of hydrogen-bond donors (Lipinski definition) is 2. The first-order valence-electron chi connectivity index (χ1n) is 16.1. The quantitative estimate of drug-likeness (QED) is 0.180. The molecule has 0 saturated carbocycles. The number of nitrogens with one attached hydrogen (secondary N) is 1. The largest absolute Gasteiger partial charge is 0.494 e. The molecule has 1 unspecified atom stereocenters. The Morgan fingerprint density at radius 2 is 1.93 bits per heavy atom. The number of carboxylic acids is 1. The molecule has 2 saturated heterocycles. The molecule has 9 nitrogen and oxygen atoms in total. The highest BCUT2D eigenvalue weighted by atomic mass is 16.5. The van der Waals surface area contributed by atoms with Crippen molar-refractivity contribution in [2.24, 2.45) is 0 Å². The van der Waals surface area contributed by atoms with Crippen LogP contribution in [-0.2, 0) is 16.1 Å². The fourth-order valence-corrected chi connectivity index (χ4v) is 6.49. The fraction of sp³-hybridized carbons (Fsp3) is 0.417. The van der Waals surface area contributed by atoms with Gasteiger partial charge in [0.25, 0.3) is 0 Å². The standard InChI is InChI=1S/C36H43N5O4/c1-26-32(28-7-4-9-31(22-28)45-18-6-14-40-16-19-44-20-17-40)10-5-11-33(26)39-36-35-29(12-13-37-36)21-27(24-38-35)25-41-15-3-2-8-30(41)23-34(42)43/h4-5,7,9-13,21-22,24,30H,2-3,6,8,14-20,23,25H2,1H3,(H,37,39)(H,42,43). The molecule has 2 aromatic carbocycles. The Morgan fingerprint density at radius 1 is 1.07 bits per heavy atom. The van der Waals surface area contributed by atoms with Gasteiger partial charge >= 0.3 is 5.97 Å². The van der Waals surface area contributed by atoms with Crippen molar-refractivity contribution in [3.8, 4) is 16.9 Å². The van der Waals surface area contributed by atoms with Gasteiger partial charge in [0.1, 0.15) is 11.3 Å². The SMILES string of the molecule is Cc1c(Nc2nccc3cc(CN4CCCCC4CC(=O)O)cnc23)cccc1-c1cccc(OCCCN2CCOCC2)c1. The van der Waals surface area contributed by atoms with E-state index in [1.807, 2.05) is 30.6 Å². The van der Waals surface area contributed by atoms with Crippen LogP contribution < -0.4 is 10.1 Å². The molecule has 2 aromatic heterocycles. The maximum Gasteiger partial charge on any atom is 0.304 e. The summed E-state index contributed by atoms with van der Waals surface area (Å²) in [6.07, 6.45) is 7.99. The number of nitrogens with zero attached hydrogens (tertiary/aromatic N) is 4. The zero-order valence-corrected chi connectivity index (χ0v) is 26.1. The van der Waals surface area contributed by atoms with E-state index < -0.39 is 5.97 Å². The van der Waals surface area contributed by atoms with Crippen molar-refractivity contribution >= 4 is 28.4 Å². The molecule has 0 radical (unpaired) electrons. The average molecular weight is 610 g/mol. The zero-order chi connectivity index (χ0) is 31.0. The van der Waals surface area contributed by atoms with Crippen LogP contribution in [0, 0.1) is 6.92 Å². The van der Waals surface area contributed by atoms with Gasteiger partial charge in [-0.15, -0.1) is 0 Å². The van der Waals surface area contributed by atoms with Crippen molar-refractivity contribution in [1.29, 1.82) is 0 Å². The Bertz CT molecular complexity index is 1610. The van der Waals surface area contributed by atoms with Crippen LogP contribution in [0.2, 0.25) is 0 Å². The summed E-state index contributed by atoms with van der Waals surface area (Å²) >= 11 is 0. The number of benzene rings is 2. The van der Waals surface area contributed by atoms with Crippen molar-refractivity contribution in [2.45, 2.75) is 51.6 Å². The summed E-state index contributed by atoms with van der Waals surface area (Å²) in [7, 11) is 0. The van der Waals surface area contributed by atoms with Crippen molar-refractivity contribution in [1.82, 2.24) is 19.8 Å². The number of carbonyl (C=O) groups is 1. The predicted octanol–water partition coefficient (Wildman–Crippen LogP) is 6.28. The van der Waals surface area contributed by atoms with E-state index >= 15 is 0 Å². The summed E-state index contributed by atoms with van der Waals surface area (Å²) in [6.45, 7) is 9.09. The Morgan fingerprint density at radius 3 is 2.80 bits per heavy atom. The summed E-state index contributed by atoms with van der Waals surface area (Å²) in [5, 5.41) is 13.9. The number of hydrogen-bond acceptors (Lipinski definition) is 8. The second kappa shape index (κ2) is 14.8. The molecule has 45 heavy (non-hydrogen) atoms. The fourth-order valence-electron chi connectivity index (χ4n) is 6.49. The van der Waals surface area contributed by atoms with Gasteiger partial charge in [0.05, 0.1) is 26.2 Å². The van der Waals surface area contributed by atoms with Crippen LogP contribution in [0.1, 0.15) is 43.2 Å². The van der Waals surface area contributed by atoms with Crippen molar-refractivity contribution < 1.29 is 19.4 Å². The smallest absolute Gasteiger partial charge is 0.304 e. The third-order valence-corrected chi connectivity index (χ3v) is 8.92. The molecule has 4 aromatic rings. The van der Waals surface area contributed by atoms with Crippen molar-refractivity contribution in [3.05, 3.63) is 78.1 Å². The Balaban J connectivity index is 1.14.